The van der Waals surface area contributed by atoms with Crippen LogP contribution in [0.15, 0.2) is 18.2 Å². The highest BCUT2D eigenvalue weighted by Crippen LogP contribution is 2.38. The van der Waals surface area contributed by atoms with Gasteiger partial charge in [0.2, 0.25) is 0 Å². The number of hydrogen-bond donors (Lipinski definition) is 2. The first-order valence-corrected chi connectivity index (χ1v) is 8.63. The fourth-order valence-electron chi connectivity index (χ4n) is 4.04. The zero-order valence-corrected chi connectivity index (χ0v) is 13.5. The highest BCUT2D eigenvalue weighted by molar-refractivity contribution is 5.96. The molecular formula is C17H22N4O3. The molecule has 4 rings (SSSR count). The van der Waals surface area contributed by atoms with E-state index in [1.165, 1.54) is 6.07 Å². The molecule has 0 spiro atoms. The summed E-state index contributed by atoms with van der Waals surface area (Å²) >= 11 is 0. The monoisotopic (exact) mass is 330 g/mol. The van der Waals surface area contributed by atoms with Gasteiger partial charge in [0, 0.05) is 36.8 Å². The number of nitrogens with one attached hydrogen (secondary N) is 1. The van der Waals surface area contributed by atoms with Gasteiger partial charge in [-0.25, -0.2) is 0 Å². The topological polar surface area (TPSA) is 102 Å². The third kappa shape index (κ3) is 2.73. The first-order valence-electron chi connectivity index (χ1n) is 8.63. The van der Waals surface area contributed by atoms with Crippen LogP contribution in [0.1, 0.15) is 36.0 Å². The SMILES string of the molecule is NC1CCC2CN(C(=O)c3ccc(NC4CC4)c([N+](=O)[O-])c3)CC12. The van der Waals surface area contributed by atoms with Crippen LogP contribution >= 0.6 is 0 Å². The molecule has 3 N–H and O–H groups in total. The molecule has 1 aliphatic heterocycles. The molecule has 0 bridgehead atoms. The van der Waals surface area contributed by atoms with Gasteiger partial charge in [-0.2, -0.15) is 0 Å². The lowest BCUT2D eigenvalue weighted by Crippen LogP contribution is -2.33. The maximum atomic E-state index is 12.7. The summed E-state index contributed by atoms with van der Waals surface area (Å²) in [5, 5.41) is 14.5. The van der Waals surface area contributed by atoms with Crippen molar-refractivity contribution in [2.45, 2.75) is 37.8 Å². The number of hydrogen-bond acceptors (Lipinski definition) is 5. The van der Waals surface area contributed by atoms with Crippen LogP contribution in [0.3, 0.4) is 0 Å². The van der Waals surface area contributed by atoms with Gasteiger partial charge >= 0.3 is 0 Å². The van der Waals surface area contributed by atoms with Crippen LogP contribution in [0.5, 0.6) is 0 Å². The van der Waals surface area contributed by atoms with Crippen LogP contribution in [-0.2, 0) is 0 Å². The highest BCUT2D eigenvalue weighted by atomic mass is 16.6. The number of nitro benzene ring substituents is 1. The van der Waals surface area contributed by atoms with Crippen molar-refractivity contribution in [1.82, 2.24) is 4.90 Å². The van der Waals surface area contributed by atoms with Crippen molar-refractivity contribution >= 4 is 17.3 Å². The Morgan fingerprint density at radius 3 is 2.71 bits per heavy atom. The van der Waals surface area contributed by atoms with E-state index in [4.69, 9.17) is 5.73 Å². The van der Waals surface area contributed by atoms with E-state index in [1.54, 1.807) is 17.0 Å². The normalized spacial score (nSPS) is 28.7. The summed E-state index contributed by atoms with van der Waals surface area (Å²) in [6.07, 6.45) is 4.17. The van der Waals surface area contributed by atoms with Gasteiger partial charge in [0.25, 0.3) is 11.6 Å². The lowest BCUT2D eigenvalue weighted by Gasteiger charge is -2.19. The van der Waals surface area contributed by atoms with Gasteiger partial charge < -0.3 is 16.0 Å². The number of nitrogens with two attached hydrogens (primary N) is 1. The Labute approximate surface area is 140 Å². The van der Waals surface area contributed by atoms with Crippen molar-refractivity contribution in [2.24, 2.45) is 17.6 Å². The van der Waals surface area contributed by atoms with Crippen molar-refractivity contribution in [2.75, 3.05) is 18.4 Å². The van der Waals surface area contributed by atoms with E-state index in [-0.39, 0.29) is 17.6 Å². The minimum absolute atomic E-state index is 0.0242. The van der Waals surface area contributed by atoms with Gasteiger partial charge in [0.15, 0.2) is 0 Å². The fraction of sp³-hybridized carbons (Fsp3) is 0.588. The van der Waals surface area contributed by atoms with E-state index in [0.29, 0.717) is 42.2 Å². The predicted octanol–water partition coefficient (Wildman–Crippen LogP) is 1.98. The first kappa shape index (κ1) is 15.4. The molecule has 2 saturated carbocycles. The average molecular weight is 330 g/mol. The van der Waals surface area contributed by atoms with Crippen molar-refractivity contribution in [3.63, 3.8) is 0 Å². The number of carbonyl (C=O) groups is 1. The molecule has 7 heteroatoms. The second-order valence-corrected chi connectivity index (χ2v) is 7.28. The third-order valence-corrected chi connectivity index (χ3v) is 5.58. The second-order valence-electron chi connectivity index (χ2n) is 7.28. The molecular weight excluding hydrogens is 308 g/mol. The van der Waals surface area contributed by atoms with Crippen LogP contribution < -0.4 is 11.1 Å². The molecule has 7 nitrogen and oxygen atoms in total. The third-order valence-electron chi connectivity index (χ3n) is 5.58. The van der Waals surface area contributed by atoms with Crippen LogP contribution in [0.25, 0.3) is 0 Å². The van der Waals surface area contributed by atoms with Crippen LogP contribution in [0.2, 0.25) is 0 Å². The molecule has 0 aromatic heterocycles. The minimum atomic E-state index is -0.421. The molecule has 1 amide bonds. The quantitative estimate of drug-likeness (QED) is 0.649. The molecule has 0 radical (unpaired) electrons. The Balaban J connectivity index is 1.54. The van der Waals surface area contributed by atoms with Gasteiger partial charge in [0.05, 0.1) is 4.92 Å². The number of fused-ring (bicyclic) bond motifs is 1. The number of likely N-dealkylation sites (tertiary alicyclic amines) is 1. The van der Waals surface area contributed by atoms with Gasteiger partial charge in [-0.3, -0.25) is 14.9 Å². The molecule has 128 valence electrons. The van der Waals surface area contributed by atoms with Crippen LogP contribution in [0, 0.1) is 22.0 Å². The van der Waals surface area contributed by atoms with Gasteiger partial charge in [-0.05, 0) is 49.7 Å². The molecule has 3 fully saturated rings. The summed E-state index contributed by atoms with van der Waals surface area (Å²) in [6.45, 7) is 1.38. The molecule has 24 heavy (non-hydrogen) atoms. The summed E-state index contributed by atoms with van der Waals surface area (Å²) < 4.78 is 0. The summed E-state index contributed by atoms with van der Waals surface area (Å²) in [5.41, 5.74) is 6.98. The van der Waals surface area contributed by atoms with Crippen molar-refractivity contribution in [3.05, 3.63) is 33.9 Å². The maximum Gasteiger partial charge on any atom is 0.293 e. The number of carbonyl (C=O) groups excluding carboxylic acids is 1. The van der Waals surface area contributed by atoms with E-state index >= 15 is 0 Å². The van der Waals surface area contributed by atoms with Gasteiger partial charge in [-0.1, -0.05) is 0 Å². The van der Waals surface area contributed by atoms with Crippen LogP contribution in [0.4, 0.5) is 11.4 Å². The number of nitro groups is 1. The van der Waals surface area contributed by atoms with E-state index in [9.17, 15) is 14.9 Å². The van der Waals surface area contributed by atoms with E-state index < -0.39 is 4.92 Å². The van der Waals surface area contributed by atoms with Gasteiger partial charge in [-0.15, -0.1) is 0 Å². The Bertz CT molecular complexity index is 688. The average Bonchev–Trinajstić information content (AvgIpc) is 3.17. The molecule has 1 heterocycles. The highest BCUT2D eigenvalue weighted by Gasteiger charge is 2.42. The summed E-state index contributed by atoms with van der Waals surface area (Å²) in [6, 6.07) is 5.25. The molecule has 3 atom stereocenters. The zero-order chi connectivity index (χ0) is 16.8. The minimum Gasteiger partial charge on any atom is -0.377 e. The smallest absolute Gasteiger partial charge is 0.293 e. The molecule has 3 aliphatic rings. The summed E-state index contributed by atoms with van der Waals surface area (Å²) in [7, 11) is 0. The maximum absolute atomic E-state index is 12.7. The molecule has 1 saturated heterocycles. The Kier molecular flexibility index (Phi) is 3.68. The lowest BCUT2D eigenvalue weighted by molar-refractivity contribution is -0.384. The largest absolute Gasteiger partial charge is 0.377 e. The second kappa shape index (κ2) is 5.73. The zero-order valence-electron chi connectivity index (χ0n) is 13.5. The standard InChI is InChI=1S/C17H22N4O3/c18-14-5-1-11-8-20(9-13(11)14)17(22)10-2-6-15(19-12-3-4-12)16(7-10)21(23)24/h2,6-7,11-14,19H,1,3-5,8-9,18H2. The number of benzene rings is 1. The molecule has 2 aliphatic carbocycles. The van der Waals surface area contributed by atoms with E-state index in [2.05, 4.69) is 5.32 Å². The van der Waals surface area contributed by atoms with E-state index in [1.807, 2.05) is 0 Å². The number of anilines is 1. The van der Waals surface area contributed by atoms with Crippen molar-refractivity contribution in [3.8, 4) is 0 Å². The van der Waals surface area contributed by atoms with Gasteiger partial charge in [0.1, 0.15) is 5.69 Å². The Morgan fingerprint density at radius 1 is 1.25 bits per heavy atom. The summed E-state index contributed by atoms with van der Waals surface area (Å²) in [4.78, 5) is 25.5. The lowest BCUT2D eigenvalue weighted by atomic mass is 9.98. The van der Waals surface area contributed by atoms with Crippen molar-refractivity contribution < 1.29 is 9.72 Å². The predicted molar refractivity (Wildman–Crippen MR) is 89.8 cm³/mol. The molecule has 3 unspecified atom stereocenters. The van der Waals surface area contributed by atoms with E-state index in [0.717, 1.165) is 25.7 Å². The Hall–Kier alpha value is -2.15. The molecule has 1 aromatic carbocycles. The van der Waals surface area contributed by atoms with Crippen LogP contribution in [-0.4, -0.2) is 40.9 Å². The Morgan fingerprint density at radius 2 is 2.04 bits per heavy atom. The number of amides is 1. The fourth-order valence-corrected chi connectivity index (χ4v) is 4.04. The first-order chi connectivity index (χ1) is 11.5. The summed E-state index contributed by atoms with van der Waals surface area (Å²) in [5.74, 6) is 0.729. The molecule has 1 aromatic rings. The number of rotatable bonds is 4. The number of nitrogens with zero attached hydrogens (tertiary/aromatic N) is 2. The van der Waals surface area contributed by atoms with Crippen molar-refractivity contribution in [1.29, 1.82) is 0 Å².